The SMILES string of the molecule is CNc1cncc(NC2CCCCC2O)n1. The van der Waals surface area contributed by atoms with Gasteiger partial charge in [0.05, 0.1) is 24.5 Å². The molecule has 2 atom stereocenters. The van der Waals surface area contributed by atoms with E-state index in [1.165, 1.54) is 0 Å². The molecule has 1 aromatic rings. The highest BCUT2D eigenvalue weighted by Crippen LogP contribution is 2.21. The number of hydrogen-bond donors (Lipinski definition) is 3. The highest BCUT2D eigenvalue weighted by molar-refractivity contribution is 5.41. The molecule has 0 aromatic carbocycles. The van der Waals surface area contributed by atoms with Crippen LogP contribution < -0.4 is 10.6 Å². The van der Waals surface area contributed by atoms with Gasteiger partial charge in [0, 0.05) is 7.05 Å². The summed E-state index contributed by atoms with van der Waals surface area (Å²) in [5, 5.41) is 16.0. The van der Waals surface area contributed by atoms with Crippen LogP contribution in [0.1, 0.15) is 25.7 Å². The first-order valence-corrected chi connectivity index (χ1v) is 5.74. The molecule has 1 aromatic heterocycles. The number of aliphatic hydroxyl groups is 1. The quantitative estimate of drug-likeness (QED) is 0.717. The molecule has 1 saturated carbocycles. The third kappa shape index (κ3) is 2.61. The Labute approximate surface area is 95.3 Å². The highest BCUT2D eigenvalue weighted by atomic mass is 16.3. The fourth-order valence-electron chi connectivity index (χ4n) is 2.03. The van der Waals surface area contributed by atoms with E-state index in [4.69, 9.17) is 0 Å². The van der Waals surface area contributed by atoms with E-state index in [1.807, 2.05) is 7.05 Å². The number of nitrogens with zero attached hydrogens (tertiary/aromatic N) is 2. The van der Waals surface area contributed by atoms with Gasteiger partial charge < -0.3 is 15.7 Å². The van der Waals surface area contributed by atoms with Crippen LogP contribution in [-0.2, 0) is 0 Å². The lowest BCUT2D eigenvalue weighted by Crippen LogP contribution is -2.36. The van der Waals surface area contributed by atoms with Crippen LogP contribution in [0.5, 0.6) is 0 Å². The Hall–Kier alpha value is -1.36. The number of aliphatic hydroxyl groups excluding tert-OH is 1. The molecule has 3 N–H and O–H groups in total. The second-order valence-corrected chi connectivity index (χ2v) is 4.14. The van der Waals surface area contributed by atoms with Gasteiger partial charge in [0.1, 0.15) is 11.6 Å². The number of anilines is 2. The molecule has 1 aliphatic rings. The van der Waals surface area contributed by atoms with Crippen LogP contribution in [0.4, 0.5) is 11.6 Å². The Morgan fingerprint density at radius 2 is 2.00 bits per heavy atom. The zero-order valence-electron chi connectivity index (χ0n) is 9.48. The molecule has 1 fully saturated rings. The van der Waals surface area contributed by atoms with Crippen molar-refractivity contribution in [3.8, 4) is 0 Å². The van der Waals surface area contributed by atoms with E-state index in [0.717, 1.165) is 37.3 Å². The summed E-state index contributed by atoms with van der Waals surface area (Å²) in [5.41, 5.74) is 0. The lowest BCUT2D eigenvalue weighted by molar-refractivity contribution is 0.116. The van der Waals surface area contributed by atoms with Crippen molar-refractivity contribution in [1.29, 1.82) is 0 Å². The Bertz CT molecular complexity index is 345. The maximum absolute atomic E-state index is 9.83. The van der Waals surface area contributed by atoms with Crippen molar-refractivity contribution in [3.05, 3.63) is 12.4 Å². The summed E-state index contributed by atoms with van der Waals surface area (Å²) in [4.78, 5) is 8.40. The monoisotopic (exact) mass is 222 g/mol. The van der Waals surface area contributed by atoms with Crippen molar-refractivity contribution in [1.82, 2.24) is 9.97 Å². The number of hydrogen-bond acceptors (Lipinski definition) is 5. The molecule has 0 radical (unpaired) electrons. The Kier molecular flexibility index (Phi) is 3.56. The van der Waals surface area contributed by atoms with Gasteiger partial charge in [-0.1, -0.05) is 12.8 Å². The molecule has 5 heteroatoms. The van der Waals surface area contributed by atoms with Crippen molar-refractivity contribution < 1.29 is 5.11 Å². The van der Waals surface area contributed by atoms with E-state index < -0.39 is 0 Å². The van der Waals surface area contributed by atoms with Gasteiger partial charge in [-0.05, 0) is 12.8 Å². The Balaban J connectivity index is 2.01. The number of aromatic nitrogens is 2. The molecule has 16 heavy (non-hydrogen) atoms. The zero-order valence-corrected chi connectivity index (χ0v) is 9.48. The summed E-state index contributed by atoms with van der Waals surface area (Å²) in [7, 11) is 1.81. The molecule has 1 aliphatic carbocycles. The fourth-order valence-corrected chi connectivity index (χ4v) is 2.03. The first-order chi connectivity index (χ1) is 7.79. The first-order valence-electron chi connectivity index (χ1n) is 5.74. The normalized spacial score (nSPS) is 25.1. The minimum atomic E-state index is -0.270. The van der Waals surface area contributed by atoms with E-state index >= 15 is 0 Å². The molecule has 0 aliphatic heterocycles. The summed E-state index contributed by atoms with van der Waals surface area (Å²) in [6.45, 7) is 0. The van der Waals surface area contributed by atoms with Gasteiger partial charge in [-0.25, -0.2) is 4.98 Å². The molecule has 0 spiro atoms. The second-order valence-electron chi connectivity index (χ2n) is 4.14. The minimum absolute atomic E-state index is 0.107. The van der Waals surface area contributed by atoms with E-state index in [9.17, 15) is 5.11 Å². The molecule has 5 nitrogen and oxygen atoms in total. The standard InChI is InChI=1S/C11H18N4O/c1-12-10-6-13-7-11(15-10)14-8-4-2-3-5-9(8)16/h6-9,16H,2-5H2,1H3,(H2,12,14,15). The van der Waals surface area contributed by atoms with Gasteiger partial charge in [0.15, 0.2) is 0 Å². The van der Waals surface area contributed by atoms with Gasteiger partial charge >= 0.3 is 0 Å². The van der Waals surface area contributed by atoms with Crippen molar-refractivity contribution in [2.24, 2.45) is 0 Å². The lowest BCUT2D eigenvalue weighted by atomic mass is 9.93. The summed E-state index contributed by atoms with van der Waals surface area (Å²) >= 11 is 0. The molecular weight excluding hydrogens is 204 g/mol. The third-order valence-electron chi connectivity index (χ3n) is 2.95. The van der Waals surface area contributed by atoms with E-state index in [1.54, 1.807) is 12.4 Å². The highest BCUT2D eigenvalue weighted by Gasteiger charge is 2.22. The van der Waals surface area contributed by atoms with Crippen LogP contribution >= 0.6 is 0 Å². The number of nitrogens with one attached hydrogen (secondary N) is 2. The predicted molar refractivity (Wildman–Crippen MR) is 63.5 cm³/mol. The van der Waals surface area contributed by atoms with E-state index in [0.29, 0.717) is 0 Å². The smallest absolute Gasteiger partial charge is 0.147 e. The fraction of sp³-hybridized carbons (Fsp3) is 0.636. The molecule has 2 rings (SSSR count). The molecule has 2 unspecified atom stereocenters. The van der Waals surface area contributed by atoms with Crippen LogP contribution in [0.2, 0.25) is 0 Å². The summed E-state index contributed by atoms with van der Waals surface area (Å²) in [6.07, 6.45) is 7.22. The van der Waals surface area contributed by atoms with Gasteiger partial charge in [0.2, 0.25) is 0 Å². The van der Waals surface area contributed by atoms with E-state index in [-0.39, 0.29) is 12.1 Å². The van der Waals surface area contributed by atoms with Gasteiger partial charge in [0.25, 0.3) is 0 Å². The van der Waals surface area contributed by atoms with Crippen LogP contribution in [0, 0.1) is 0 Å². The number of rotatable bonds is 3. The van der Waals surface area contributed by atoms with Crippen LogP contribution in [0.3, 0.4) is 0 Å². The van der Waals surface area contributed by atoms with Crippen molar-refractivity contribution in [2.45, 2.75) is 37.8 Å². The summed E-state index contributed by atoms with van der Waals surface area (Å²) < 4.78 is 0. The summed E-state index contributed by atoms with van der Waals surface area (Å²) in [6, 6.07) is 0.107. The molecule has 0 saturated heterocycles. The topological polar surface area (TPSA) is 70.1 Å². The maximum atomic E-state index is 9.83. The summed E-state index contributed by atoms with van der Waals surface area (Å²) in [5.74, 6) is 1.45. The first kappa shape index (κ1) is 11.1. The van der Waals surface area contributed by atoms with Gasteiger partial charge in [-0.3, -0.25) is 4.98 Å². The molecular formula is C11H18N4O. The van der Waals surface area contributed by atoms with Gasteiger partial charge in [-0.2, -0.15) is 0 Å². The molecule has 1 heterocycles. The van der Waals surface area contributed by atoms with Crippen LogP contribution in [-0.4, -0.2) is 34.3 Å². The average molecular weight is 222 g/mol. The predicted octanol–water partition coefficient (Wildman–Crippen LogP) is 1.23. The molecule has 88 valence electrons. The molecule has 0 bridgehead atoms. The van der Waals surface area contributed by atoms with Crippen LogP contribution in [0.15, 0.2) is 12.4 Å². The maximum Gasteiger partial charge on any atom is 0.147 e. The van der Waals surface area contributed by atoms with Crippen molar-refractivity contribution in [3.63, 3.8) is 0 Å². The van der Waals surface area contributed by atoms with Crippen molar-refractivity contribution in [2.75, 3.05) is 17.7 Å². The zero-order chi connectivity index (χ0) is 11.4. The minimum Gasteiger partial charge on any atom is -0.391 e. The lowest BCUT2D eigenvalue weighted by Gasteiger charge is -2.28. The Morgan fingerprint density at radius 1 is 1.25 bits per heavy atom. The third-order valence-corrected chi connectivity index (χ3v) is 2.95. The van der Waals surface area contributed by atoms with E-state index in [2.05, 4.69) is 20.6 Å². The average Bonchev–Trinajstić information content (AvgIpc) is 2.32. The van der Waals surface area contributed by atoms with Crippen LogP contribution in [0.25, 0.3) is 0 Å². The van der Waals surface area contributed by atoms with Crippen molar-refractivity contribution >= 4 is 11.6 Å². The Morgan fingerprint density at radius 3 is 2.75 bits per heavy atom. The second kappa shape index (κ2) is 5.12. The van der Waals surface area contributed by atoms with Gasteiger partial charge in [-0.15, -0.1) is 0 Å². The largest absolute Gasteiger partial charge is 0.391 e. The molecule has 0 amide bonds.